The zero-order valence-electron chi connectivity index (χ0n) is 18.4. The lowest BCUT2D eigenvalue weighted by molar-refractivity contribution is 0.0181. The van der Waals surface area contributed by atoms with Crippen LogP contribution in [0.25, 0.3) is 11.0 Å². The molecule has 0 N–H and O–H groups in total. The van der Waals surface area contributed by atoms with Crippen molar-refractivity contribution in [3.05, 3.63) is 23.9 Å². The molecule has 1 amide bonds. The first-order chi connectivity index (χ1) is 14.4. The van der Waals surface area contributed by atoms with E-state index in [0.29, 0.717) is 5.92 Å². The average Bonchev–Trinajstić information content (AvgIpc) is 3.14. The van der Waals surface area contributed by atoms with Crippen LogP contribution in [-0.4, -0.2) is 61.1 Å². The summed E-state index contributed by atoms with van der Waals surface area (Å²) in [6.07, 6.45) is 3.79. The number of ether oxygens (including phenoxy) is 2. The zero-order chi connectivity index (χ0) is 21.1. The molecule has 3 heterocycles. The number of rotatable bonds is 4. The van der Waals surface area contributed by atoms with Crippen LogP contribution in [0.15, 0.2) is 22.7 Å². The van der Waals surface area contributed by atoms with E-state index < -0.39 is 5.60 Å². The highest BCUT2D eigenvalue weighted by atomic mass is 16.6. The van der Waals surface area contributed by atoms with Crippen molar-refractivity contribution in [2.75, 3.05) is 44.3 Å². The van der Waals surface area contributed by atoms with E-state index in [1.54, 1.807) is 0 Å². The normalized spacial score (nSPS) is 18.8. The Morgan fingerprint density at radius 1 is 1.17 bits per heavy atom. The van der Waals surface area contributed by atoms with Crippen LogP contribution in [0.3, 0.4) is 0 Å². The third-order valence-corrected chi connectivity index (χ3v) is 5.96. The molecule has 30 heavy (non-hydrogen) atoms. The Morgan fingerprint density at radius 3 is 2.60 bits per heavy atom. The van der Waals surface area contributed by atoms with Gasteiger partial charge in [0.15, 0.2) is 5.58 Å². The number of aromatic nitrogens is 1. The summed E-state index contributed by atoms with van der Waals surface area (Å²) in [6.45, 7) is 10.6. The first-order valence-corrected chi connectivity index (χ1v) is 11.1. The standard InChI is InChI=1S/C23H33N3O4/c1-23(2,3)29-22(27)26-10-8-17(9-11-26)4-7-20-19-6-5-18(16-21(19)30-24-20)25-12-14-28-15-13-25/h5-6,16-17H,4,7-15H2,1-3H3. The largest absolute Gasteiger partial charge is 0.444 e. The van der Waals surface area contributed by atoms with E-state index in [1.165, 1.54) is 5.69 Å². The smallest absolute Gasteiger partial charge is 0.410 e. The van der Waals surface area contributed by atoms with E-state index in [1.807, 2.05) is 25.7 Å². The highest BCUT2D eigenvalue weighted by Gasteiger charge is 2.27. The predicted molar refractivity (Wildman–Crippen MR) is 116 cm³/mol. The van der Waals surface area contributed by atoms with Crippen LogP contribution in [0.5, 0.6) is 0 Å². The van der Waals surface area contributed by atoms with Crippen LogP contribution in [0.4, 0.5) is 10.5 Å². The number of piperidine rings is 1. The monoisotopic (exact) mass is 415 g/mol. The van der Waals surface area contributed by atoms with Gasteiger partial charge in [-0.15, -0.1) is 0 Å². The summed E-state index contributed by atoms with van der Waals surface area (Å²) in [6, 6.07) is 6.39. The Hall–Kier alpha value is -2.28. The molecule has 2 saturated heterocycles. The van der Waals surface area contributed by atoms with Crippen LogP contribution < -0.4 is 4.90 Å². The van der Waals surface area contributed by atoms with Gasteiger partial charge >= 0.3 is 6.09 Å². The average molecular weight is 416 g/mol. The SMILES string of the molecule is CC(C)(C)OC(=O)N1CCC(CCc2noc3cc(N4CCOCC4)ccc23)CC1. The molecule has 1 aromatic carbocycles. The third kappa shape index (κ3) is 5.06. The minimum Gasteiger partial charge on any atom is -0.444 e. The van der Waals surface area contributed by atoms with Crippen LogP contribution in [-0.2, 0) is 15.9 Å². The molecule has 164 valence electrons. The highest BCUT2D eigenvalue weighted by molar-refractivity contribution is 5.83. The van der Waals surface area contributed by atoms with Crippen molar-refractivity contribution >= 4 is 22.7 Å². The number of nitrogens with zero attached hydrogens (tertiary/aromatic N) is 3. The number of carbonyl (C=O) groups is 1. The molecule has 2 aliphatic rings. The Bertz CT molecular complexity index is 859. The van der Waals surface area contributed by atoms with Gasteiger partial charge in [0.1, 0.15) is 5.60 Å². The van der Waals surface area contributed by atoms with E-state index >= 15 is 0 Å². The van der Waals surface area contributed by atoms with E-state index in [4.69, 9.17) is 14.0 Å². The first kappa shape index (κ1) is 21.0. The zero-order valence-corrected chi connectivity index (χ0v) is 18.4. The predicted octanol–water partition coefficient (Wildman–Crippen LogP) is 4.24. The number of hydrogen-bond donors (Lipinski definition) is 0. The number of anilines is 1. The topological polar surface area (TPSA) is 68.0 Å². The summed E-state index contributed by atoms with van der Waals surface area (Å²) in [5, 5.41) is 5.46. The number of morpholine rings is 1. The summed E-state index contributed by atoms with van der Waals surface area (Å²) in [5.41, 5.74) is 2.62. The number of hydrogen-bond acceptors (Lipinski definition) is 6. The summed E-state index contributed by atoms with van der Waals surface area (Å²) in [5.74, 6) is 0.600. The summed E-state index contributed by atoms with van der Waals surface area (Å²) >= 11 is 0. The van der Waals surface area contributed by atoms with Gasteiger partial charge in [0.05, 0.1) is 18.9 Å². The maximum absolute atomic E-state index is 12.2. The van der Waals surface area contributed by atoms with Crippen molar-refractivity contribution < 1.29 is 18.8 Å². The molecule has 0 radical (unpaired) electrons. The fourth-order valence-electron chi connectivity index (χ4n) is 4.25. The molecule has 0 aliphatic carbocycles. The van der Waals surface area contributed by atoms with Crippen LogP contribution in [0, 0.1) is 5.92 Å². The maximum Gasteiger partial charge on any atom is 0.410 e. The second-order valence-electron chi connectivity index (χ2n) is 9.36. The molecular weight excluding hydrogens is 382 g/mol. The molecule has 2 aliphatic heterocycles. The quantitative estimate of drug-likeness (QED) is 0.744. The summed E-state index contributed by atoms with van der Waals surface area (Å²) < 4.78 is 16.6. The Morgan fingerprint density at radius 2 is 1.90 bits per heavy atom. The lowest BCUT2D eigenvalue weighted by atomic mass is 9.91. The molecule has 2 aromatic rings. The molecule has 0 atom stereocenters. The van der Waals surface area contributed by atoms with Crippen molar-refractivity contribution in [3.63, 3.8) is 0 Å². The number of amides is 1. The molecule has 2 fully saturated rings. The van der Waals surface area contributed by atoms with Crippen molar-refractivity contribution in [1.29, 1.82) is 0 Å². The second-order valence-corrected chi connectivity index (χ2v) is 9.36. The second kappa shape index (κ2) is 8.84. The number of aryl methyl sites for hydroxylation is 1. The van der Waals surface area contributed by atoms with Crippen molar-refractivity contribution in [3.8, 4) is 0 Å². The van der Waals surface area contributed by atoms with Crippen LogP contribution >= 0.6 is 0 Å². The lowest BCUT2D eigenvalue weighted by Crippen LogP contribution is -2.41. The van der Waals surface area contributed by atoms with Gasteiger partial charge in [0, 0.05) is 43.3 Å². The summed E-state index contributed by atoms with van der Waals surface area (Å²) in [7, 11) is 0. The number of carbonyl (C=O) groups excluding carboxylic acids is 1. The number of fused-ring (bicyclic) bond motifs is 1. The molecule has 1 aromatic heterocycles. The number of likely N-dealkylation sites (tertiary alicyclic amines) is 1. The minimum absolute atomic E-state index is 0.195. The van der Waals surface area contributed by atoms with Gasteiger partial charge in [-0.05, 0) is 64.5 Å². The van der Waals surface area contributed by atoms with E-state index in [0.717, 1.165) is 81.7 Å². The van der Waals surface area contributed by atoms with Crippen molar-refractivity contribution in [2.24, 2.45) is 5.92 Å². The molecule has 0 unspecified atom stereocenters. The molecule has 7 heteroatoms. The minimum atomic E-state index is -0.441. The molecule has 0 spiro atoms. The fourth-order valence-corrected chi connectivity index (χ4v) is 4.25. The Balaban J connectivity index is 1.30. The van der Waals surface area contributed by atoms with Crippen molar-refractivity contribution in [1.82, 2.24) is 10.1 Å². The molecule has 7 nitrogen and oxygen atoms in total. The number of benzene rings is 1. The van der Waals surface area contributed by atoms with Crippen molar-refractivity contribution in [2.45, 2.75) is 52.1 Å². The van der Waals surface area contributed by atoms with E-state index in [-0.39, 0.29) is 6.09 Å². The van der Waals surface area contributed by atoms with Gasteiger partial charge in [-0.3, -0.25) is 0 Å². The molecular formula is C23H33N3O4. The van der Waals surface area contributed by atoms with E-state index in [2.05, 4.69) is 28.3 Å². The van der Waals surface area contributed by atoms with Gasteiger partial charge < -0.3 is 23.8 Å². The van der Waals surface area contributed by atoms with Gasteiger partial charge in [-0.25, -0.2) is 4.79 Å². The van der Waals surface area contributed by atoms with Crippen LogP contribution in [0.2, 0.25) is 0 Å². The van der Waals surface area contributed by atoms with Gasteiger partial charge in [0.25, 0.3) is 0 Å². The highest BCUT2D eigenvalue weighted by Crippen LogP contribution is 2.28. The summed E-state index contributed by atoms with van der Waals surface area (Å²) in [4.78, 5) is 16.4. The lowest BCUT2D eigenvalue weighted by Gasteiger charge is -2.33. The maximum atomic E-state index is 12.2. The Kier molecular flexibility index (Phi) is 6.18. The fraction of sp³-hybridized carbons (Fsp3) is 0.652. The van der Waals surface area contributed by atoms with Crippen LogP contribution in [0.1, 0.15) is 45.7 Å². The Labute approximate surface area is 178 Å². The third-order valence-electron chi connectivity index (χ3n) is 5.96. The van der Waals surface area contributed by atoms with Gasteiger partial charge in [0.2, 0.25) is 0 Å². The molecule has 0 bridgehead atoms. The molecule has 0 saturated carbocycles. The molecule has 4 rings (SSSR count). The van der Waals surface area contributed by atoms with E-state index in [9.17, 15) is 4.79 Å². The first-order valence-electron chi connectivity index (χ1n) is 11.1. The van der Waals surface area contributed by atoms with Gasteiger partial charge in [-0.1, -0.05) is 5.16 Å². The van der Waals surface area contributed by atoms with Gasteiger partial charge in [-0.2, -0.15) is 0 Å².